The molecular weight excluding hydrogens is 241 g/mol. The molecule has 1 rings (SSSR count). The van der Waals surface area contributed by atoms with Crippen LogP contribution in [-0.2, 0) is 11.2 Å². The molecule has 0 heterocycles. The number of carbonyl (C=O) groups excluding carboxylic acids is 1. The van der Waals surface area contributed by atoms with Gasteiger partial charge in [-0.2, -0.15) is 0 Å². The minimum atomic E-state index is -0.534. The molecule has 4 heteroatoms. The summed E-state index contributed by atoms with van der Waals surface area (Å²) in [5.74, 6) is -0.225. The number of halogens is 2. The van der Waals surface area contributed by atoms with Crippen molar-refractivity contribution in [2.45, 2.75) is 32.7 Å². The minimum Gasteiger partial charge on any atom is -0.321 e. The highest BCUT2D eigenvalue weighted by molar-refractivity contribution is 6.30. The topological polar surface area (TPSA) is 43.1 Å². The lowest BCUT2D eigenvalue weighted by atomic mass is 9.97. The quantitative estimate of drug-likeness (QED) is 0.881. The van der Waals surface area contributed by atoms with Crippen molar-refractivity contribution in [1.82, 2.24) is 0 Å². The van der Waals surface area contributed by atoms with E-state index < -0.39 is 11.9 Å². The second-order valence-electron chi connectivity index (χ2n) is 4.61. The van der Waals surface area contributed by atoms with E-state index in [4.69, 9.17) is 17.3 Å². The third kappa shape index (κ3) is 4.44. The summed E-state index contributed by atoms with van der Waals surface area (Å²) in [5, 5.41) is 0.423. The number of carbonyl (C=O) groups is 1. The van der Waals surface area contributed by atoms with Crippen molar-refractivity contribution in [3.05, 3.63) is 34.6 Å². The second-order valence-corrected chi connectivity index (χ2v) is 5.05. The maximum atomic E-state index is 13.4. The van der Waals surface area contributed by atoms with Gasteiger partial charge in [-0.1, -0.05) is 25.4 Å². The highest BCUT2D eigenvalue weighted by atomic mass is 35.5. The van der Waals surface area contributed by atoms with E-state index in [0.29, 0.717) is 22.9 Å². The van der Waals surface area contributed by atoms with Gasteiger partial charge in [0.1, 0.15) is 5.82 Å². The van der Waals surface area contributed by atoms with Gasteiger partial charge in [0, 0.05) is 11.4 Å². The molecule has 0 radical (unpaired) electrons. The van der Waals surface area contributed by atoms with E-state index in [9.17, 15) is 9.18 Å². The summed E-state index contributed by atoms with van der Waals surface area (Å²) in [6, 6.07) is 3.66. The minimum absolute atomic E-state index is 0.000278. The summed E-state index contributed by atoms with van der Waals surface area (Å²) in [5.41, 5.74) is 6.06. The molecule has 1 aromatic rings. The smallest absolute Gasteiger partial charge is 0.153 e. The number of hydrogen-bond acceptors (Lipinski definition) is 2. The lowest BCUT2D eigenvalue weighted by Gasteiger charge is -2.13. The molecule has 0 aromatic heterocycles. The fourth-order valence-electron chi connectivity index (χ4n) is 1.64. The van der Waals surface area contributed by atoms with Crippen LogP contribution in [0.4, 0.5) is 4.39 Å². The number of rotatable bonds is 5. The van der Waals surface area contributed by atoms with E-state index >= 15 is 0 Å². The Bertz CT molecular complexity index is 406. The monoisotopic (exact) mass is 257 g/mol. The SMILES string of the molecule is CC(C)CC(N)C(=O)Cc1cc(Cl)ccc1F. The first kappa shape index (κ1) is 14.1. The first-order valence-corrected chi connectivity index (χ1v) is 6.00. The van der Waals surface area contributed by atoms with Gasteiger partial charge in [0.15, 0.2) is 5.78 Å². The number of benzene rings is 1. The molecule has 0 amide bonds. The Labute approximate surface area is 106 Å². The summed E-state index contributed by atoms with van der Waals surface area (Å²) in [6.07, 6.45) is 0.612. The maximum Gasteiger partial charge on any atom is 0.153 e. The zero-order valence-corrected chi connectivity index (χ0v) is 10.8. The molecular formula is C13H17ClFNO. The molecule has 94 valence electrons. The highest BCUT2D eigenvalue weighted by Gasteiger charge is 2.17. The van der Waals surface area contributed by atoms with Crippen LogP contribution in [0.5, 0.6) is 0 Å². The lowest BCUT2D eigenvalue weighted by Crippen LogP contribution is -2.33. The molecule has 2 nitrogen and oxygen atoms in total. The predicted molar refractivity (Wildman–Crippen MR) is 67.6 cm³/mol. The Kier molecular flexibility index (Phi) is 5.09. The Hall–Kier alpha value is -0.930. The molecule has 2 N–H and O–H groups in total. The number of hydrogen-bond donors (Lipinski definition) is 1. The van der Waals surface area contributed by atoms with E-state index in [2.05, 4.69) is 0 Å². The Morgan fingerprint density at radius 2 is 2.12 bits per heavy atom. The van der Waals surface area contributed by atoms with E-state index in [1.54, 1.807) is 0 Å². The van der Waals surface area contributed by atoms with Crippen LogP contribution >= 0.6 is 11.6 Å². The number of ketones is 1. The first-order chi connectivity index (χ1) is 7.90. The Balaban J connectivity index is 2.70. The normalized spacial score (nSPS) is 12.8. The van der Waals surface area contributed by atoms with E-state index in [1.807, 2.05) is 13.8 Å². The average Bonchev–Trinajstić information content (AvgIpc) is 2.22. The highest BCUT2D eigenvalue weighted by Crippen LogP contribution is 2.16. The maximum absolute atomic E-state index is 13.4. The summed E-state index contributed by atoms with van der Waals surface area (Å²) in [6.45, 7) is 3.99. The van der Waals surface area contributed by atoms with Gasteiger partial charge in [-0.05, 0) is 36.1 Å². The van der Waals surface area contributed by atoms with Crippen LogP contribution in [-0.4, -0.2) is 11.8 Å². The molecule has 0 bridgehead atoms. The summed E-state index contributed by atoms with van der Waals surface area (Å²) >= 11 is 5.75. The van der Waals surface area contributed by atoms with Gasteiger partial charge < -0.3 is 5.73 Å². The molecule has 0 aliphatic carbocycles. The molecule has 0 fully saturated rings. The predicted octanol–water partition coefficient (Wildman–Crippen LogP) is 2.96. The van der Waals surface area contributed by atoms with Crippen molar-refractivity contribution in [1.29, 1.82) is 0 Å². The van der Waals surface area contributed by atoms with Crippen molar-refractivity contribution in [3.63, 3.8) is 0 Å². The third-order valence-corrected chi connectivity index (χ3v) is 2.75. The van der Waals surface area contributed by atoms with Crippen LogP contribution in [0.25, 0.3) is 0 Å². The standard InChI is InChI=1S/C13H17ClFNO/c1-8(2)5-12(16)13(17)7-9-6-10(14)3-4-11(9)15/h3-4,6,8,12H,5,7,16H2,1-2H3. The van der Waals surface area contributed by atoms with Crippen LogP contribution in [0.15, 0.2) is 18.2 Å². The Morgan fingerprint density at radius 3 is 2.71 bits per heavy atom. The van der Waals surface area contributed by atoms with Crippen molar-refractivity contribution in [2.75, 3.05) is 0 Å². The molecule has 17 heavy (non-hydrogen) atoms. The van der Waals surface area contributed by atoms with Crippen LogP contribution in [0.1, 0.15) is 25.8 Å². The van der Waals surface area contributed by atoms with Crippen molar-refractivity contribution < 1.29 is 9.18 Å². The summed E-state index contributed by atoms with van der Waals surface area (Å²) < 4.78 is 13.4. The van der Waals surface area contributed by atoms with Gasteiger partial charge in [-0.25, -0.2) is 4.39 Å². The fraction of sp³-hybridized carbons (Fsp3) is 0.462. The fourth-order valence-corrected chi connectivity index (χ4v) is 1.83. The zero-order chi connectivity index (χ0) is 13.0. The van der Waals surface area contributed by atoms with Gasteiger partial charge in [0.05, 0.1) is 6.04 Å². The Morgan fingerprint density at radius 1 is 1.47 bits per heavy atom. The first-order valence-electron chi connectivity index (χ1n) is 5.62. The lowest BCUT2D eigenvalue weighted by molar-refractivity contribution is -0.120. The van der Waals surface area contributed by atoms with Gasteiger partial charge in [-0.3, -0.25) is 4.79 Å². The molecule has 0 saturated carbocycles. The molecule has 1 unspecified atom stereocenters. The largest absolute Gasteiger partial charge is 0.321 e. The zero-order valence-electron chi connectivity index (χ0n) is 10.0. The molecule has 1 aromatic carbocycles. The average molecular weight is 258 g/mol. The second kappa shape index (κ2) is 6.12. The molecule has 0 aliphatic rings. The van der Waals surface area contributed by atoms with Gasteiger partial charge in [0.2, 0.25) is 0 Å². The van der Waals surface area contributed by atoms with Gasteiger partial charge in [0.25, 0.3) is 0 Å². The van der Waals surface area contributed by atoms with Crippen LogP contribution < -0.4 is 5.73 Å². The summed E-state index contributed by atoms with van der Waals surface area (Å²) in [4.78, 5) is 11.8. The van der Waals surface area contributed by atoms with E-state index in [0.717, 1.165) is 0 Å². The van der Waals surface area contributed by atoms with Crippen molar-refractivity contribution >= 4 is 17.4 Å². The van der Waals surface area contributed by atoms with Crippen LogP contribution in [0.3, 0.4) is 0 Å². The molecule has 0 aliphatic heterocycles. The molecule has 0 saturated heterocycles. The molecule has 1 atom stereocenters. The van der Waals surface area contributed by atoms with Crippen LogP contribution in [0.2, 0.25) is 5.02 Å². The van der Waals surface area contributed by atoms with Gasteiger partial charge >= 0.3 is 0 Å². The third-order valence-electron chi connectivity index (χ3n) is 2.51. The van der Waals surface area contributed by atoms with Crippen molar-refractivity contribution in [2.24, 2.45) is 11.7 Å². The number of Topliss-reactive ketones (excluding diaryl/α,β-unsaturated/α-hetero) is 1. The van der Waals surface area contributed by atoms with Crippen molar-refractivity contribution in [3.8, 4) is 0 Å². The van der Waals surface area contributed by atoms with Gasteiger partial charge in [-0.15, -0.1) is 0 Å². The van der Waals surface area contributed by atoms with E-state index in [-0.39, 0.29) is 12.2 Å². The summed E-state index contributed by atoms with van der Waals surface area (Å²) in [7, 11) is 0. The molecule has 0 spiro atoms. The van der Waals surface area contributed by atoms with E-state index in [1.165, 1.54) is 18.2 Å². The van der Waals surface area contributed by atoms with Crippen LogP contribution in [0, 0.1) is 11.7 Å². The number of nitrogens with two attached hydrogens (primary N) is 1.